The molecule has 10 nitrogen and oxygen atoms in total. The predicted molar refractivity (Wildman–Crippen MR) is 143 cm³/mol. The summed E-state index contributed by atoms with van der Waals surface area (Å²) in [4.78, 5) is 19.4. The second-order valence-corrected chi connectivity index (χ2v) is 9.88. The van der Waals surface area contributed by atoms with Gasteiger partial charge < -0.3 is 20.1 Å². The summed E-state index contributed by atoms with van der Waals surface area (Å²) in [7, 11) is 1.38. The van der Waals surface area contributed by atoms with Crippen LogP contribution < -0.4 is 20.1 Å². The molecule has 212 valence electrons. The van der Waals surface area contributed by atoms with Crippen LogP contribution in [0.1, 0.15) is 36.6 Å². The van der Waals surface area contributed by atoms with E-state index in [1.165, 1.54) is 38.4 Å². The van der Waals surface area contributed by atoms with Crippen LogP contribution >= 0.6 is 0 Å². The number of aromatic amines is 1. The second-order valence-electron chi connectivity index (χ2n) is 9.88. The smallest absolute Gasteiger partial charge is 0.417 e. The van der Waals surface area contributed by atoms with E-state index in [2.05, 4.69) is 30.1 Å². The number of pyridine rings is 2. The van der Waals surface area contributed by atoms with Crippen molar-refractivity contribution >= 4 is 33.4 Å². The van der Waals surface area contributed by atoms with Gasteiger partial charge in [0.2, 0.25) is 5.88 Å². The number of aryl methyl sites for hydroxylation is 1. The van der Waals surface area contributed by atoms with Crippen LogP contribution in [0.4, 0.5) is 29.2 Å². The SMILES string of the molecule is COc1nc2c3c(nc(-c4c(C(F)(F)F)c(C)cc5[nH]ncc45)cc3n1)OC[C@H](C)N2C(C)c1cc(F)cnc1N. The zero-order valence-electron chi connectivity index (χ0n) is 22.3. The summed E-state index contributed by atoms with van der Waals surface area (Å²) in [5.74, 6) is -0.0179. The van der Waals surface area contributed by atoms with Crippen molar-refractivity contribution in [3.63, 3.8) is 0 Å². The Balaban J connectivity index is 1.64. The van der Waals surface area contributed by atoms with E-state index in [-0.39, 0.29) is 58.1 Å². The molecular weight excluding hydrogens is 544 g/mol. The zero-order chi connectivity index (χ0) is 29.2. The standard InChI is InChI=1S/C27H24F4N8O2/c1-11-5-17-16(9-34-38-17)20(22(11)27(29,30)31)18-7-19-21-24(37-26(36-19)40-4)39(12(2)10-41-25(21)35-18)13(3)15-6-14(28)8-33-23(15)32/h5-9,12-13H,10H2,1-4H3,(H2,32,33)(H,34,38)/t12-,13?/m0/s1. The molecular formula is C27H24F4N8O2. The van der Waals surface area contributed by atoms with Gasteiger partial charge in [-0.2, -0.15) is 28.2 Å². The summed E-state index contributed by atoms with van der Waals surface area (Å²) in [6, 6.07) is 3.22. The van der Waals surface area contributed by atoms with Gasteiger partial charge in [0.05, 0.1) is 53.9 Å². The molecule has 3 N–H and O–H groups in total. The zero-order valence-corrected chi connectivity index (χ0v) is 22.3. The number of methoxy groups -OCH3 is 1. The highest BCUT2D eigenvalue weighted by Crippen LogP contribution is 2.46. The monoisotopic (exact) mass is 568 g/mol. The molecule has 0 spiro atoms. The van der Waals surface area contributed by atoms with Crippen molar-refractivity contribution in [2.24, 2.45) is 0 Å². The van der Waals surface area contributed by atoms with Gasteiger partial charge in [0.1, 0.15) is 29.4 Å². The molecule has 1 aliphatic heterocycles. The molecule has 6 rings (SSSR count). The summed E-state index contributed by atoms with van der Waals surface area (Å²) in [6.45, 7) is 5.15. The van der Waals surface area contributed by atoms with Crippen molar-refractivity contribution in [2.45, 2.75) is 39.0 Å². The molecule has 0 radical (unpaired) electrons. The van der Waals surface area contributed by atoms with Gasteiger partial charge in [0, 0.05) is 16.5 Å². The Kier molecular flexibility index (Phi) is 6.08. The maximum Gasteiger partial charge on any atom is 0.417 e. The topological polar surface area (TPSA) is 128 Å². The van der Waals surface area contributed by atoms with Crippen LogP contribution in [0.15, 0.2) is 30.6 Å². The van der Waals surface area contributed by atoms with Crippen LogP contribution in [0.2, 0.25) is 0 Å². The molecule has 1 unspecified atom stereocenters. The van der Waals surface area contributed by atoms with Crippen LogP contribution in [-0.4, -0.2) is 49.9 Å². The fraction of sp³-hybridized carbons (Fsp3) is 0.296. The first-order valence-corrected chi connectivity index (χ1v) is 12.6. The molecule has 0 saturated carbocycles. The number of fused-ring (bicyclic) bond motifs is 1. The molecule has 4 aromatic heterocycles. The number of aromatic nitrogens is 6. The average Bonchev–Trinajstić information content (AvgIpc) is 3.33. The highest BCUT2D eigenvalue weighted by Gasteiger charge is 2.38. The van der Waals surface area contributed by atoms with E-state index >= 15 is 0 Å². The van der Waals surface area contributed by atoms with Gasteiger partial charge in [-0.05, 0) is 44.5 Å². The minimum absolute atomic E-state index is 0.00523. The van der Waals surface area contributed by atoms with Crippen LogP contribution in [0.25, 0.3) is 33.1 Å². The van der Waals surface area contributed by atoms with Gasteiger partial charge in [-0.3, -0.25) is 5.10 Å². The first kappa shape index (κ1) is 26.5. The maximum absolute atomic E-state index is 14.4. The number of alkyl halides is 3. The van der Waals surface area contributed by atoms with E-state index in [4.69, 9.17) is 15.2 Å². The third kappa shape index (κ3) is 4.30. The number of nitrogens with one attached hydrogen (secondary N) is 1. The number of hydrogen-bond donors (Lipinski definition) is 2. The van der Waals surface area contributed by atoms with Crippen LogP contribution in [-0.2, 0) is 6.18 Å². The molecule has 5 heterocycles. The van der Waals surface area contributed by atoms with Gasteiger partial charge in [0.15, 0.2) is 0 Å². The molecule has 0 aliphatic carbocycles. The first-order chi connectivity index (χ1) is 19.5. The van der Waals surface area contributed by atoms with Crippen molar-refractivity contribution in [3.8, 4) is 23.1 Å². The highest BCUT2D eigenvalue weighted by molar-refractivity contribution is 6.01. The third-order valence-corrected chi connectivity index (χ3v) is 7.24. The Bertz CT molecular complexity index is 1820. The number of nitrogens with zero attached hydrogens (tertiary/aromatic N) is 6. The molecule has 1 aromatic carbocycles. The lowest BCUT2D eigenvalue weighted by molar-refractivity contribution is -0.137. The molecule has 0 bridgehead atoms. The largest absolute Gasteiger partial charge is 0.475 e. The van der Waals surface area contributed by atoms with Gasteiger partial charge in [-0.1, -0.05) is 0 Å². The lowest BCUT2D eigenvalue weighted by Gasteiger charge is -2.34. The normalized spacial score (nSPS) is 16.1. The molecule has 2 atom stereocenters. The number of rotatable bonds is 4. The maximum atomic E-state index is 14.4. The number of halogens is 4. The number of anilines is 2. The molecule has 0 saturated heterocycles. The Morgan fingerprint density at radius 3 is 2.68 bits per heavy atom. The summed E-state index contributed by atoms with van der Waals surface area (Å²) >= 11 is 0. The number of benzene rings is 1. The Labute approximate surface area is 230 Å². The number of nitrogen functional groups attached to an aromatic ring is 1. The number of H-pyrrole nitrogens is 1. The quantitative estimate of drug-likeness (QED) is 0.275. The summed E-state index contributed by atoms with van der Waals surface area (Å²) in [5.41, 5.74) is 6.22. The molecule has 5 aromatic rings. The minimum atomic E-state index is -4.68. The number of nitrogens with two attached hydrogens (primary N) is 1. The lowest BCUT2D eigenvalue weighted by Crippen LogP contribution is -2.39. The summed E-state index contributed by atoms with van der Waals surface area (Å²) < 4.78 is 68.9. The van der Waals surface area contributed by atoms with Crippen molar-refractivity contribution < 1.29 is 27.0 Å². The van der Waals surface area contributed by atoms with Crippen molar-refractivity contribution in [2.75, 3.05) is 24.4 Å². The van der Waals surface area contributed by atoms with E-state index in [0.29, 0.717) is 22.3 Å². The van der Waals surface area contributed by atoms with E-state index in [9.17, 15) is 17.6 Å². The average molecular weight is 569 g/mol. The molecule has 0 amide bonds. The fourth-order valence-corrected chi connectivity index (χ4v) is 5.45. The third-order valence-electron chi connectivity index (χ3n) is 7.24. The molecule has 14 heteroatoms. The van der Waals surface area contributed by atoms with Crippen molar-refractivity contribution in [3.05, 3.63) is 53.1 Å². The van der Waals surface area contributed by atoms with E-state index in [1.54, 1.807) is 0 Å². The Hall–Kier alpha value is -4.75. The van der Waals surface area contributed by atoms with Gasteiger partial charge in [0.25, 0.3) is 0 Å². The van der Waals surface area contributed by atoms with E-state index < -0.39 is 23.6 Å². The number of ether oxygens (including phenoxy) is 2. The summed E-state index contributed by atoms with van der Waals surface area (Å²) in [6.07, 6.45) is -2.31. The highest BCUT2D eigenvalue weighted by atomic mass is 19.4. The van der Waals surface area contributed by atoms with Gasteiger partial charge >= 0.3 is 12.2 Å². The second kappa shape index (κ2) is 9.42. The van der Waals surface area contributed by atoms with Crippen LogP contribution in [0.3, 0.4) is 0 Å². The van der Waals surface area contributed by atoms with Crippen molar-refractivity contribution in [1.82, 2.24) is 30.1 Å². The van der Waals surface area contributed by atoms with Crippen molar-refractivity contribution in [1.29, 1.82) is 0 Å². The molecule has 0 fully saturated rings. The van der Waals surface area contributed by atoms with Gasteiger partial charge in [-0.25, -0.2) is 14.4 Å². The predicted octanol–water partition coefficient (Wildman–Crippen LogP) is 5.37. The Morgan fingerprint density at radius 1 is 1.17 bits per heavy atom. The van der Waals surface area contributed by atoms with Crippen LogP contribution in [0, 0.1) is 12.7 Å². The lowest BCUT2D eigenvalue weighted by atomic mass is 9.94. The fourth-order valence-electron chi connectivity index (χ4n) is 5.45. The number of hydrogen-bond acceptors (Lipinski definition) is 9. The first-order valence-electron chi connectivity index (χ1n) is 12.6. The van der Waals surface area contributed by atoms with E-state index in [0.717, 1.165) is 6.20 Å². The Morgan fingerprint density at radius 2 is 1.95 bits per heavy atom. The van der Waals surface area contributed by atoms with E-state index in [1.807, 2.05) is 18.7 Å². The molecule has 1 aliphatic rings. The summed E-state index contributed by atoms with van der Waals surface area (Å²) in [5, 5.41) is 7.31. The molecule has 41 heavy (non-hydrogen) atoms. The van der Waals surface area contributed by atoms with Crippen LogP contribution in [0.5, 0.6) is 11.9 Å². The van der Waals surface area contributed by atoms with Gasteiger partial charge in [-0.15, -0.1) is 0 Å². The minimum Gasteiger partial charge on any atom is -0.475 e.